The van der Waals surface area contributed by atoms with Crippen LogP contribution in [0.15, 0.2) is 24.3 Å². The van der Waals surface area contributed by atoms with Gasteiger partial charge in [-0.15, -0.1) is 0 Å². The van der Waals surface area contributed by atoms with Crippen LogP contribution in [-0.2, 0) is 5.41 Å². The maximum atomic E-state index is 12.8. The molecule has 2 aliphatic carbocycles. The normalized spacial score (nSPS) is 24.9. The number of benzene rings is 1. The van der Waals surface area contributed by atoms with Crippen molar-refractivity contribution < 1.29 is 4.39 Å². The highest BCUT2D eigenvalue weighted by molar-refractivity contribution is 5.33. The Hall–Kier alpha value is -0.890. The summed E-state index contributed by atoms with van der Waals surface area (Å²) in [6.45, 7) is 0.695. The van der Waals surface area contributed by atoms with E-state index in [2.05, 4.69) is 0 Å². The van der Waals surface area contributed by atoms with Crippen molar-refractivity contribution in [1.29, 1.82) is 0 Å². The zero-order chi connectivity index (χ0) is 10.5. The summed E-state index contributed by atoms with van der Waals surface area (Å²) in [5.41, 5.74) is 7.91. The molecule has 0 radical (unpaired) electrons. The standard InChI is InChI=1S/C13H16FN/c14-11-3-1-10(2-4-11)13(9-15)7-12(8-13)5-6-12/h1-4H,5-9,15H2. The zero-order valence-corrected chi connectivity index (χ0v) is 8.80. The molecule has 0 unspecified atom stereocenters. The van der Waals surface area contributed by atoms with Gasteiger partial charge < -0.3 is 5.73 Å². The molecule has 0 saturated heterocycles. The maximum Gasteiger partial charge on any atom is 0.123 e. The Morgan fingerprint density at radius 1 is 1.13 bits per heavy atom. The van der Waals surface area contributed by atoms with Crippen LogP contribution in [0.4, 0.5) is 4.39 Å². The van der Waals surface area contributed by atoms with Crippen molar-refractivity contribution in [2.24, 2.45) is 11.1 Å². The molecular weight excluding hydrogens is 189 g/mol. The number of hydrogen-bond acceptors (Lipinski definition) is 1. The van der Waals surface area contributed by atoms with Crippen LogP contribution in [0.3, 0.4) is 0 Å². The zero-order valence-electron chi connectivity index (χ0n) is 8.80. The first-order valence-electron chi connectivity index (χ1n) is 5.64. The molecule has 2 N–H and O–H groups in total. The minimum atomic E-state index is -0.161. The minimum Gasteiger partial charge on any atom is -0.330 e. The molecule has 1 spiro atoms. The van der Waals surface area contributed by atoms with E-state index in [0.717, 1.165) is 0 Å². The van der Waals surface area contributed by atoms with E-state index in [4.69, 9.17) is 5.73 Å². The van der Waals surface area contributed by atoms with Gasteiger partial charge in [0.1, 0.15) is 5.82 Å². The van der Waals surface area contributed by atoms with Crippen LogP contribution in [-0.4, -0.2) is 6.54 Å². The van der Waals surface area contributed by atoms with Crippen LogP contribution >= 0.6 is 0 Å². The number of hydrogen-bond donors (Lipinski definition) is 1. The molecule has 1 aromatic carbocycles. The van der Waals surface area contributed by atoms with Gasteiger partial charge in [-0.05, 0) is 48.8 Å². The number of nitrogens with two attached hydrogens (primary N) is 1. The number of halogens is 1. The lowest BCUT2D eigenvalue weighted by Gasteiger charge is -2.48. The molecular formula is C13H16FN. The molecule has 2 saturated carbocycles. The maximum absolute atomic E-state index is 12.8. The summed E-state index contributed by atoms with van der Waals surface area (Å²) in [7, 11) is 0. The average Bonchev–Trinajstić information content (AvgIpc) is 2.96. The third kappa shape index (κ3) is 1.31. The fraction of sp³-hybridized carbons (Fsp3) is 0.538. The van der Waals surface area contributed by atoms with Crippen molar-refractivity contribution in [3.8, 4) is 0 Å². The lowest BCUT2D eigenvalue weighted by Crippen LogP contribution is -2.48. The smallest absolute Gasteiger partial charge is 0.123 e. The van der Waals surface area contributed by atoms with Gasteiger partial charge in [-0.2, -0.15) is 0 Å². The molecule has 80 valence electrons. The summed E-state index contributed by atoms with van der Waals surface area (Å²) in [5, 5.41) is 0. The van der Waals surface area contributed by atoms with E-state index >= 15 is 0 Å². The Morgan fingerprint density at radius 2 is 1.73 bits per heavy atom. The molecule has 15 heavy (non-hydrogen) atoms. The molecule has 0 amide bonds. The average molecular weight is 205 g/mol. The van der Waals surface area contributed by atoms with Crippen LogP contribution in [0.25, 0.3) is 0 Å². The highest BCUT2D eigenvalue weighted by Gasteiger charge is 2.60. The summed E-state index contributed by atoms with van der Waals surface area (Å²) >= 11 is 0. The third-order valence-electron chi connectivity index (χ3n) is 4.23. The van der Waals surface area contributed by atoms with Gasteiger partial charge in [0, 0.05) is 12.0 Å². The monoisotopic (exact) mass is 205 g/mol. The van der Waals surface area contributed by atoms with Gasteiger partial charge in [0.05, 0.1) is 0 Å². The van der Waals surface area contributed by atoms with Crippen molar-refractivity contribution in [3.05, 3.63) is 35.6 Å². The largest absolute Gasteiger partial charge is 0.330 e. The van der Waals surface area contributed by atoms with Gasteiger partial charge >= 0.3 is 0 Å². The van der Waals surface area contributed by atoms with Gasteiger partial charge in [-0.1, -0.05) is 12.1 Å². The summed E-state index contributed by atoms with van der Waals surface area (Å²) in [5.74, 6) is -0.161. The second kappa shape index (κ2) is 2.82. The van der Waals surface area contributed by atoms with E-state index in [1.165, 1.54) is 31.2 Å². The molecule has 0 bridgehead atoms. The Balaban J connectivity index is 1.88. The summed E-state index contributed by atoms with van der Waals surface area (Å²) in [6.07, 6.45) is 5.16. The fourth-order valence-corrected chi connectivity index (χ4v) is 3.18. The van der Waals surface area contributed by atoms with Crippen molar-refractivity contribution in [1.82, 2.24) is 0 Å². The molecule has 0 aromatic heterocycles. The molecule has 0 atom stereocenters. The summed E-state index contributed by atoms with van der Waals surface area (Å²) < 4.78 is 12.8. The van der Waals surface area contributed by atoms with Gasteiger partial charge in [0.25, 0.3) is 0 Å². The second-order valence-electron chi connectivity index (χ2n) is 5.34. The van der Waals surface area contributed by atoms with Crippen molar-refractivity contribution in [2.75, 3.05) is 6.54 Å². The van der Waals surface area contributed by atoms with E-state index in [-0.39, 0.29) is 11.2 Å². The molecule has 2 heteroatoms. The van der Waals surface area contributed by atoms with Gasteiger partial charge in [-0.25, -0.2) is 4.39 Å². The molecule has 3 rings (SSSR count). The van der Waals surface area contributed by atoms with Crippen molar-refractivity contribution in [3.63, 3.8) is 0 Å². The lowest BCUT2D eigenvalue weighted by atomic mass is 9.56. The topological polar surface area (TPSA) is 26.0 Å². The van der Waals surface area contributed by atoms with Crippen LogP contribution in [0.2, 0.25) is 0 Å². The predicted octanol–water partition coefficient (Wildman–Crippen LogP) is 2.60. The lowest BCUT2D eigenvalue weighted by molar-refractivity contribution is 0.126. The molecule has 2 aliphatic rings. The van der Waals surface area contributed by atoms with Crippen LogP contribution in [0, 0.1) is 11.2 Å². The Kier molecular flexibility index (Phi) is 1.76. The fourth-order valence-electron chi connectivity index (χ4n) is 3.18. The quantitative estimate of drug-likeness (QED) is 0.789. The van der Waals surface area contributed by atoms with Gasteiger partial charge in [0.2, 0.25) is 0 Å². The van der Waals surface area contributed by atoms with E-state index in [0.29, 0.717) is 12.0 Å². The highest BCUT2D eigenvalue weighted by Crippen LogP contribution is 2.68. The molecule has 1 nitrogen and oxygen atoms in total. The molecule has 0 heterocycles. The molecule has 1 aromatic rings. The van der Waals surface area contributed by atoms with E-state index in [1.54, 1.807) is 12.1 Å². The van der Waals surface area contributed by atoms with Gasteiger partial charge in [0.15, 0.2) is 0 Å². The highest BCUT2D eigenvalue weighted by atomic mass is 19.1. The van der Waals surface area contributed by atoms with E-state index < -0.39 is 0 Å². The summed E-state index contributed by atoms with van der Waals surface area (Å²) in [4.78, 5) is 0. The predicted molar refractivity (Wildman–Crippen MR) is 58.0 cm³/mol. The third-order valence-corrected chi connectivity index (χ3v) is 4.23. The Morgan fingerprint density at radius 3 is 2.20 bits per heavy atom. The van der Waals surface area contributed by atoms with E-state index in [1.807, 2.05) is 12.1 Å². The molecule has 0 aliphatic heterocycles. The summed E-state index contributed by atoms with van der Waals surface area (Å²) in [6, 6.07) is 6.89. The first-order chi connectivity index (χ1) is 7.18. The number of rotatable bonds is 2. The van der Waals surface area contributed by atoms with Crippen molar-refractivity contribution in [2.45, 2.75) is 31.1 Å². The van der Waals surface area contributed by atoms with Gasteiger partial charge in [-0.3, -0.25) is 0 Å². The Labute approximate surface area is 89.5 Å². The Bertz CT molecular complexity index is 370. The minimum absolute atomic E-state index is 0.157. The van der Waals surface area contributed by atoms with Crippen LogP contribution in [0.5, 0.6) is 0 Å². The van der Waals surface area contributed by atoms with E-state index in [9.17, 15) is 4.39 Å². The van der Waals surface area contributed by atoms with Crippen molar-refractivity contribution >= 4 is 0 Å². The first-order valence-corrected chi connectivity index (χ1v) is 5.64. The van der Waals surface area contributed by atoms with Crippen LogP contribution in [0.1, 0.15) is 31.2 Å². The first kappa shape index (κ1) is 9.34. The van der Waals surface area contributed by atoms with Crippen LogP contribution < -0.4 is 5.73 Å². The second-order valence-corrected chi connectivity index (χ2v) is 5.34. The SMILES string of the molecule is NCC1(c2ccc(F)cc2)CC2(CC2)C1. The molecule has 2 fully saturated rings.